The van der Waals surface area contributed by atoms with Gasteiger partial charge in [0, 0.05) is 12.8 Å². The van der Waals surface area contributed by atoms with Crippen LogP contribution in [0.1, 0.15) is 55.9 Å². The summed E-state index contributed by atoms with van der Waals surface area (Å²) < 4.78 is 6.51. The van der Waals surface area contributed by atoms with Crippen LogP contribution in [0.15, 0.2) is 121 Å². The largest absolute Gasteiger partial charge is 0.415 e. The van der Waals surface area contributed by atoms with Crippen molar-refractivity contribution in [3.8, 4) is 0 Å². The molecule has 0 saturated heterocycles. The lowest BCUT2D eigenvalue weighted by Gasteiger charge is -2.38. The number of benzene rings is 4. The fourth-order valence-corrected chi connectivity index (χ4v) is 6.36. The van der Waals surface area contributed by atoms with Crippen molar-refractivity contribution in [3.05, 3.63) is 144 Å². The second kappa shape index (κ2) is 15.5. The molecular formula is C39H48N2O4Si. The summed E-state index contributed by atoms with van der Waals surface area (Å²) >= 11 is 0. The van der Waals surface area contributed by atoms with Crippen LogP contribution in [0.4, 0.5) is 0 Å². The Kier molecular flexibility index (Phi) is 11.7. The second-order valence-electron chi connectivity index (χ2n) is 13.4. The van der Waals surface area contributed by atoms with E-state index < -0.39 is 31.9 Å². The Hall–Kier alpha value is -4.04. The van der Waals surface area contributed by atoms with Crippen molar-refractivity contribution in [2.45, 2.75) is 75.9 Å². The highest BCUT2D eigenvalue weighted by molar-refractivity contribution is 6.74. The molecule has 0 spiro atoms. The van der Waals surface area contributed by atoms with E-state index in [4.69, 9.17) is 4.43 Å². The van der Waals surface area contributed by atoms with E-state index in [0.29, 0.717) is 6.42 Å². The Morgan fingerprint density at radius 1 is 0.739 bits per heavy atom. The van der Waals surface area contributed by atoms with E-state index in [9.17, 15) is 14.7 Å². The van der Waals surface area contributed by atoms with Crippen molar-refractivity contribution in [1.82, 2.24) is 10.6 Å². The minimum atomic E-state index is -2.15. The van der Waals surface area contributed by atoms with Gasteiger partial charge in [-0.05, 0) is 46.8 Å². The molecule has 2 atom stereocenters. The first-order valence-corrected chi connectivity index (χ1v) is 19.0. The molecule has 0 unspecified atom stereocenters. The third kappa shape index (κ3) is 8.81. The molecule has 0 fully saturated rings. The van der Waals surface area contributed by atoms with Crippen molar-refractivity contribution >= 4 is 20.1 Å². The molecule has 7 heteroatoms. The zero-order valence-electron chi connectivity index (χ0n) is 27.7. The lowest BCUT2D eigenvalue weighted by molar-refractivity contribution is -0.130. The summed E-state index contributed by atoms with van der Waals surface area (Å²) in [6.45, 7) is 11.1. The average molecular weight is 637 g/mol. The Morgan fingerprint density at radius 3 is 1.61 bits per heavy atom. The summed E-state index contributed by atoms with van der Waals surface area (Å²) in [6, 6.07) is 38.9. The predicted molar refractivity (Wildman–Crippen MR) is 188 cm³/mol. The van der Waals surface area contributed by atoms with E-state index in [1.165, 1.54) is 0 Å². The highest BCUT2D eigenvalue weighted by atomic mass is 28.4. The molecule has 0 radical (unpaired) electrons. The molecule has 0 aliphatic rings. The summed E-state index contributed by atoms with van der Waals surface area (Å²) in [4.78, 5) is 27.2. The van der Waals surface area contributed by atoms with Crippen molar-refractivity contribution in [2.24, 2.45) is 0 Å². The fraction of sp³-hybridized carbons (Fsp3) is 0.333. The number of hydrogen-bond acceptors (Lipinski definition) is 4. The van der Waals surface area contributed by atoms with Gasteiger partial charge in [-0.15, -0.1) is 0 Å². The van der Waals surface area contributed by atoms with Crippen molar-refractivity contribution in [3.63, 3.8) is 0 Å². The van der Waals surface area contributed by atoms with E-state index in [-0.39, 0.29) is 30.4 Å². The first-order chi connectivity index (χ1) is 21.9. The predicted octanol–water partition coefficient (Wildman–Crippen LogP) is 6.99. The number of carbonyl (C=O) groups is 2. The number of rotatable bonds is 14. The first kappa shape index (κ1) is 34.8. The van der Waals surface area contributed by atoms with Gasteiger partial charge in [0.1, 0.15) is 11.6 Å². The second-order valence-corrected chi connectivity index (χ2v) is 18.2. The molecule has 0 heterocycles. The van der Waals surface area contributed by atoms with Crippen LogP contribution in [0, 0.1) is 0 Å². The fourth-order valence-electron chi connectivity index (χ4n) is 5.31. The molecule has 3 N–H and O–H groups in total. The van der Waals surface area contributed by atoms with Gasteiger partial charge < -0.3 is 20.2 Å². The van der Waals surface area contributed by atoms with Gasteiger partial charge in [0.15, 0.2) is 8.32 Å². The van der Waals surface area contributed by atoms with Crippen molar-refractivity contribution in [1.29, 1.82) is 0 Å². The van der Waals surface area contributed by atoms with Crippen LogP contribution in [0.25, 0.3) is 0 Å². The van der Waals surface area contributed by atoms with Crippen molar-refractivity contribution < 1.29 is 19.1 Å². The van der Waals surface area contributed by atoms with E-state index >= 15 is 0 Å². The standard InChI is InChI=1S/C39H48N2O4Si/c1-38(2,3)46(4,5)45-29-34(40-37(44)35(42)28-30-18-10-6-11-19-30)26-27-36(43)41-39(31-20-12-7-13-21-31,32-22-14-8-15-23-32)33-24-16-9-17-25-33/h6-25,34-35,42H,26-29H2,1-5H3,(H,40,44)(H,41,43)/t34-,35+/m0/s1. The number of aliphatic hydroxyl groups is 1. The quantitative estimate of drug-likeness (QED) is 0.103. The number of amides is 2. The van der Waals surface area contributed by atoms with Gasteiger partial charge in [-0.1, -0.05) is 142 Å². The maximum absolute atomic E-state index is 14.0. The number of aliphatic hydroxyl groups excluding tert-OH is 1. The summed E-state index contributed by atoms with van der Waals surface area (Å²) in [7, 11) is -2.15. The summed E-state index contributed by atoms with van der Waals surface area (Å²) in [5.74, 6) is -0.631. The maximum Gasteiger partial charge on any atom is 0.249 e. The van der Waals surface area contributed by atoms with Crippen molar-refractivity contribution in [2.75, 3.05) is 6.61 Å². The molecule has 4 aromatic rings. The average Bonchev–Trinajstić information content (AvgIpc) is 3.06. The molecule has 4 aromatic carbocycles. The molecule has 6 nitrogen and oxygen atoms in total. The molecular weight excluding hydrogens is 589 g/mol. The number of hydrogen-bond donors (Lipinski definition) is 3. The van der Waals surface area contributed by atoms with Crippen LogP contribution in [0.3, 0.4) is 0 Å². The maximum atomic E-state index is 14.0. The third-order valence-electron chi connectivity index (χ3n) is 9.04. The summed E-state index contributed by atoms with van der Waals surface area (Å²) in [6.07, 6.45) is -0.516. The van der Waals surface area contributed by atoms with Gasteiger partial charge in [-0.25, -0.2) is 0 Å². The summed E-state index contributed by atoms with van der Waals surface area (Å²) in [5, 5.41) is 17.2. The van der Waals surface area contributed by atoms with E-state index in [1.54, 1.807) is 0 Å². The highest BCUT2D eigenvalue weighted by Crippen LogP contribution is 2.38. The highest BCUT2D eigenvalue weighted by Gasteiger charge is 2.39. The van der Waals surface area contributed by atoms with Gasteiger partial charge in [-0.2, -0.15) is 0 Å². The Labute approximate surface area is 275 Å². The third-order valence-corrected chi connectivity index (χ3v) is 13.5. The molecule has 0 aliphatic carbocycles. The molecule has 242 valence electrons. The first-order valence-electron chi connectivity index (χ1n) is 16.1. The summed E-state index contributed by atoms with van der Waals surface area (Å²) in [5.41, 5.74) is 2.77. The zero-order chi connectivity index (χ0) is 33.2. The Balaban J connectivity index is 1.57. The van der Waals surface area contributed by atoms with Gasteiger partial charge in [0.05, 0.1) is 12.6 Å². The lowest BCUT2D eigenvalue weighted by Crippen LogP contribution is -2.50. The SMILES string of the molecule is CC(C)(C)[Si](C)(C)OC[C@H](CCC(=O)NC(c1ccccc1)(c1ccccc1)c1ccccc1)NC(=O)[C@H](O)Cc1ccccc1. The topological polar surface area (TPSA) is 87.7 Å². The number of carbonyl (C=O) groups excluding carboxylic acids is 2. The Morgan fingerprint density at radius 2 is 1.17 bits per heavy atom. The molecule has 2 amide bonds. The van der Waals surface area contributed by atoms with Crippen LogP contribution in [0.5, 0.6) is 0 Å². The minimum absolute atomic E-state index is 0.0214. The van der Waals surface area contributed by atoms with E-state index in [0.717, 1.165) is 22.3 Å². The molecule has 4 rings (SSSR count). The molecule has 0 bridgehead atoms. The molecule has 46 heavy (non-hydrogen) atoms. The molecule has 0 aliphatic heterocycles. The number of nitrogens with one attached hydrogen (secondary N) is 2. The zero-order valence-corrected chi connectivity index (χ0v) is 28.7. The van der Waals surface area contributed by atoms with Crippen LogP contribution in [-0.2, 0) is 26.0 Å². The Bertz CT molecular complexity index is 1430. The van der Waals surface area contributed by atoms with E-state index in [1.807, 2.05) is 121 Å². The normalized spacial score (nSPS) is 13.4. The van der Waals surface area contributed by atoms with Gasteiger partial charge in [0.2, 0.25) is 11.8 Å². The van der Waals surface area contributed by atoms with Gasteiger partial charge >= 0.3 is 0 Å². The van der Waals surface area contributed by atoms with Gasteiger partial charge in [-0.3, -0.25) is 9.59 Å². The van der Waals surface area contributed by atoms with E-state index in [2.05, 4.69) is 44.5 Å². The molecule has 0 aromatic heterocycles. The monoisotopic (exact) mass is 636 g/mol. The minimum Gasteiger partial charge on any atom is -0.415 e. The van der Waals surface area contributed by atoms with Crippen LogP contribution in [0.2, 0.25) is 18.1 Å². The lowest BCUT2D eigenvalue weighted by atomic mass is 9.77. The van der Waals surface area contributed by atoms with Crippen LogP contribution >= 0.6 is 0 Å². The smallest absolute Gasteiger partial charge is 0.249 e. The van der Waals surface area contributed by atoms with Crippen LogP contribution < -0.4 is 10.6 Å². The van der Waals surface area contributed by atoms with Crippen LogP contribution in [-0.4, -0.2) is 44.0 Å². The molecule has 0 saturated carbocycles. The van der Waals surface area contributed by atoms with Gasteiger partial charge in [0.25, 0.3) is 0 Å².